The van der Waals surface area contributed by atoms with E-state index in [2.05, 4.69) is 34.2 Å². The number of amides is 1. The van der Waals surface area contributed by atoms with Gasteiger partial charge in [-0.2, -0.15) is 11.3 Å². The van der Waals surface area contributed by atoms with E-state index in [4.69, 9.17) is 5.84 Å². The monoisotopic (exact) mass is 255 g/mol. The Bertz CT molecular complexity index is 314. The van der Waals surface area contributed by atoms with Gasteiger partial charge in [-0.25, -0.2) is 5.84 Å². The average molecular weight is 255 g/mol. The fourth-order valence-electron chi connectivity index (χ4n) is 1.69. The van der Waals surface area contributed by atoms with E-state index in [0.29, 0.717) is 6.42 Å². The lowest BCUT2D eigenvalue weighted by molar-refractivity contribution is -0.121. The van der Waals surface area contributed by atoms with Gasteiger partial charge in [0.15, 0.2) is 0 Å². The van der Waals surface area contributed by atoms with Gasteiger partial charge in [0.05, 0.1) is 0 Å². The molecule has 0 aliphatic rings. The molecule has 0 fully saturated rings. The molecule has 0 radical (unpaired) electrons. The Kier molecular flexibility index (Phi) is 6.84. The molecule has 1 aromatic heterocycles. The van der Waals surface area contributed by atoms with Crippen LogP contribution in [0.3, 0.4) is 0 Å². The summed E-state index contributed by atoms with van der Waals surface area (Å²) in [6.07, 6.45) is 3.64. The molecule has 1 rings (SSSR count). The van der Waals surface area contributed by atoms with Gasteiger partial charge in [-0.1, -0.05) is 6.42 Å². The average Bonchev–Trinajstić information content (AvgIpc) is 2.81. The zero-order valence-corrected chi connectivity index (χ0v) is 11.1. The smallest absolute Gasteiger partial charge is 0.233 e. The van der Waals surface area contributed by atoms with E-state index in [-0.39, 0.29) is 5.91 Å². The molecule has 1 heterocycles. The number of nitrogens with two attached hydrogens (primary N) is 1. The molecule has 1 aromatic rings. The normalized spacial score (nSPS) is 10.8. The highest BCUT2D eigenvalue weighted by atomic mass is 32.1. The van der Waals surface area contributed by atoms with Crippen LogP contribution in [0, 0.1) is 0 Å². The molecule has 0 aliphatic carbocycles. The lowest BCUT2D eigenvalue weighted by Crippen LogP contribution is -2.29. The summed E-state index contributed by atoms with van der Waals surface area (Å²) in [7, 11) is 2.13. The maximum Gasteiger partial charge on any atom is 0.233 e. The maximum atomic E-state index is 10.9. The summed E-state index contributed by atoms with van der Waals surface area (Å²) in [6.45, 7) is 2.08. The Labute approximate surface area is 107 Å². The van der Waals surface area contributed by atoms with Crippen molar-refractivity contribution in [3.05, 3.63) is 22.4 Å². The first-order valence-corrected chi connectivity index (χ1v) is 6.85. The van der Waals surface area contributed by atoms with Crippen molar-refractivity contribution in [2.24, 2.45) is 5.84 Å². The molecule has 0 unspecified atom stereocenters. The minimum atomic E-state index is -0.0726. The zero-order valence-electron chi connectivity index (χ0n) is 10.3. The van der Waals surface area contributed by atoms with Gasteiger partial charge in [0, 0.05) is 13.0 Å². The molecule has 1 amide bonds. The molecule has 3 N–H and O–H groups in total. The fraction of sp³-hybridized carbons (Fsp3) is 0.583. The van der Waals surface area contributed by atoms with E-state index < -0.39 is 0 Å². The van der Waals surface area contributed by atoms with E-state index in [1.807, 2.05) is 0 Å². The molecule has 5 heteroatoms. The third kappa shape index (κ3) is 6.41. The number of hydrogen-bond acceptors (Lipinski definition) is 4. The Hall–Kier alpha value is -0.910. The second-order valence-electron chi connectivity index (χ2n) is 4.25. The Morgan fingerprint density at radius 1 is 1.47 bits per heavy atom. The van der Waals surface area contributed by atoms with Crippen LogP contribution in [-0.2, 0) is 11.3 Å². The Morgan fingerprint density at radius 2 is 2.29 bits per heavy atom. The van der Waals surface area contributed by atoms with Crippen LogP contribution >= 0.6 is 11.3 Å². The third-order valence-electron chi connectivity index (χ3n) is 2.64. The van der Waals surface area contributed by atoms with Crippen LogP contribution in [0.15, 0.2) is 16.8 Å². The topological polar surface area (TPSA) is 58.4 Å². The zero-order chi connectivity index (χ0) is 12.5. The van der Waals surface area contributed by atoms with Crippen molar-refractivity contribution in [1.82, 2.24) is 10.3 Å². The van der Waals surface area contributed by atoms with Crippen molar-refractivity contribution in [3.8, 4) is 0 Å². The van der Waals surface area contributed by atoms with E-state index in [1.165, 1.54) is 5.56 Å². The van der Waals surface area contributed by atoms with Crippen LogP contribution in [0.4, 0.5) is 0 Å². The molecule has 0 spiro atoms. The Morgan fingerprint density at radius 3 is 2.94 bits per heavy atom. The summed E-state index contributed by atoms with van der Waals surface area (Å²) in [5, 5.41) is 4.29. The van der Waals surface area contributed by atoms with Gasteiger partial charge in [0.1, 0.15) is 0 Å². The number of carbonyl (C=O) groups excluding carboxylic acids is 1. The second kappa shape index (κ2) is 8.22. The minimum absolute atomic E-state index is 0.0726. The quantitative estimate of drug-likeness (QED) is 0.322. The number of hydrazine groups is 1. The standard InChI is InChI=1S/C12H21N3OS/c1-15(9-11-6-8-17-10-11)7-4-2-3-5-12(16)14-13/h6,8,10H,2-5,7,9,13H2,1H3,(H,14,16). The van der Waals surface area contributed by atoms with Crippen molar-refractivity contribution >= 4 is 17.2 Å². The van der Waals surface area contributed by atoms with Gasteiger partial charge in [-0.3, -0.25) is 10.2 Å². The first-order valence-electron chi connectivity index (χ1n) is 5.91. The van der Waals surface area contributed by atoms with Crippen LogP contribution in [0.2, 0.25) is 0 Å². The highest BCUT2D eigenvalue weighted by Crippen LogP contribution is 2.09. The van der Waals surface area contributed by atoms with Crippen molar-refractivity contribution in [3.63, 3.8) is 0 Å². The first-order chi connectivity index (χ1) is 8.22. The maximum absolute atomic E-state index is 10.9. The fourth-order valence-corrected chi connectivity index (χ4v) is 2.35. The van der Waals surface area contributed by atoms with Gasteiger partial charge in [-0.05, 0) is 48.8 Å². The highest BCUT2D eigenvalue weighted by Gasteiger charge is 2.01. The molecular weight excluding hydrogens is 234 g/mol. The molecule has 4 nitrogen and oxygen atoms in total. The molecule has 0 saturated heterocycles. The van der Waals surface area contributed by atoms with Gasteiger partial charge >= 0.3 is 0 Å². The van der Waals surface area contributed by atoms with Gasteiger partial charge in [0.25, 0.3) is 0 Å². The van der Waals surface area contributed by atoms with Crippen LogP contribution in [-0.4, -0.2) is 24.4 Å². The SMILES string of the molecule is CN(CCCCCC(=O)NN)Cc1ccsc1. The van der Waals surface area contributed by atoms with Crippen molar-refractivity contribution < 1.29 is 4.79 Å². The van der Waals surface area contributed by atoms with Crippen molar-refractivity contribution in [2.75, 3.05) is 13.6 Å². The third-order valence-corrected chi connectivity index (χ3v) is 3.37. The van der Waals surface area contributed by atoms with Crippen LogP contribution in [0.1, 0.15) is 31.2 Å². The van der Waals surface area contributed by atoms with Gasteiger partial charge in [0.2, 0.25) is 5.91 Å². The van der Waals surface area contributed by atoms with Gasteiger partial charge in [-0.15, -0.1) is 0 Å². The van der Waals surface area contributed by atoms with E-state index in [9.17, 15) is 4.79 Å². The molecular formula is C12H21N3OS. The molecule has 96 valence electrons. The molecule has 0 aromatic carbocycles. The lowest BCUT2D eigenvalue weighted by atomic mass is 10.2. The summed E-state index contributed by atoms with van der Waals surface area (Å²) in [4.78, 5) is 13.2. The Balaban J connectivity index is 2.00. The molecule has 0 bridgehead atoms. The summed E-state index contributed by atoms with van der Waals surface area (Å²) >= 11 is 1.74. The number of nitrogens with one attached hydrogen (secondary N) is 1. The minimum Gasteiger partial charge on any atom is -0.302 e. The van der Waals surface area contributed by atoms with E-state index in [1.54, 1.807) is 11.3 Å². The summed E-state index contributed by atoms with van der Waals surface area (Å²) in [5.74, 6) is 4.93. The number of unbranched alkanes of at least 4 members (excludes halogenated alkanes) is 2. The molecule has 0 aliphatic heterocycles. The van der Waals surface area contributed by atoms with Crippen LogP contribution in [0.5, 0.6) is 0 Å². The predicted molar refractivity (Wildman–Crippen MR) is 71.5 cm³/mol. The number of carbonyl (C=O) groups is 1. The van der Waals surface area contributed by atoms with Crippen molar-refractivity contribution in [2.45, 2.75) is 32.2 Å². The molecule has 0 saturated carbocycles. The lowest BCUT2D eigenvalue weighted by Gasteiger charge is -2.15. The second-order valence-corrected chi connectivity index (χ2v) is 5.03. The summed E-state index contributed by atoms with van der Waals surface area (Å²) in [6, 6.07) is 2.16. The van der Waals surface area contributed by atoms with Crippen molar-refractivity contribution in [1.29, 1.82) is 0 Å². The largest absolute Gasteiger partial charge is 0.302 e. The number of thiophene rings is 1. The van der Waals surface area contributed by atoms with E-state index in [0.717, 1.165) is 32.4 Å². The molecule has 0 atom stereocenters. The number of hydrogen-bond donors (Lipinski definition) is 2. The number of nitrogens with zero attached hydrogens (tertiary/aromatic N) is 1. The van der Waals surface area contributed by atoms with E-state index >= 15 is 0 Å². The van der Waals surface area contributed by atoms with Crippen LogP contribution in [0.25, 0.3) is 0 Å². The predicted octanol–water partition coefficient (Wildman–Crippen LogP) is 1.73. The van der Waals surface area contributed by atoms with Gasteiger partial charge < -0.3 is 4.90 Å². The summed E-state index contributed by atoms with van der Waals surface area (Å²) < 4.78 is 0. The highest BCUT2D eigenvalue weighted by molar-refractivity contribution is 7.07. The molecule has 17 heavy (non-hydrogen) atoms. The number of rotatable bonds is 8. The van der Waals surface area contributed by atoms with Crippen LogP contribution < -0.4 is 11.3 Å². The summed E-state index contributed by atoms with van der Waals surface area (Å²) in [5.41, 5.74) is 3.52. The first kappa shape index (κ1) is 14.2.